The van der Waals surface area contributed by atoms with E-state index in [1.165, 1.54) is 5.56 Å². The van der Waals surface area contributed by atoms with Crippen LogP contribution in [0.2, 0.25) is 0 Å². The van der Waals surface area contributed by atoms with Gasteiger partial charge in [-0.15, -0.1) is 0 Å². The second-order valence-corrected chi connectivity index (χ2v) is 6.17. The van der Waals surface area contributed by atoms with E-state index in [-0.39, 0.29) is 5.78 Å². The quantitative estimate of drug-likeness (QED) is 0.882. The number of hydrogen-bond donors (Lipinski definition) is 1. The van der Waals surface area contributed by atoms with Crippen LogP contribution in [0.4, 0.5) is 0 Å². The molecule has 2 aromatic carbocycles. The molecule has 2 aliphatic rings. The van der Waals surface area contributed by atoms with E-state index >= 15 is 0 Å². The van der Waals surface area contributed by atoms with Gasteiger partial charge in [0.25, 0.3) is 0 Å². The minimum Gasteiger partial charge on any atom is -0.366 e. The number of ketones is 1. The number of carbonyl (C=O) groups is 1. The molecule has 0 unspecified atom stereocenters. The molecule has 0 atom stereocenters. The van der Waals surface area contributed by atoms with E-state index in [9.17, 15) is 4.79 Å². The van der Waals surface area contributed by atoms with Gasteiger partial charge in [-0.2, -0.15) is 0 Å². The molecule has 2 N–H and O–H groups in total. The Morgan fingerprint density at radius 1 is 0.913 bits per heavy atom. The highest BCUT2D eigenvalue weighted by Gasteiger charge is 2.36. The highest BCUT2D eigenvalue weighted by molar-refractivity contribution is 6.40. The highest BCUT2D eigenvalue weighted by atomic mass is 16.1. The summed E-state index contributed by atoms with van der Waals surface area (Å²) in [5.74, 6) is 0.159. The smallest absolute Gasteiger partial charge is 0.196 e. The zero-order valence-electron chi connectivity index (χ0n) is 13.1. The van der Waals surface area contributed by atoms with Crippen molar-refractivity contribution < 1.29 is 4.79 Å². The van der Waals surface area contributed by atoms with E-state index in [1.807, 2.05) is 24.3 Å². The lowest BCUT2D eigenvalue weighted by Crippen LogP contribution is -2.27. The van der Waals surface area contributed by atoms with Gasteiger partial charge in [-0.1, -0.05) is 48.5 Å². The molecule has 1 aliphatic heterocycles. The summed E-state index contributed by atoms with van der Waals surface area (Å²) in [6.07, 6.45) is 2.06. The van der Waals surface area contributed by atoms with Crippen molar-refractivity contribution in [3.8, 4) is 0 Å². The van der Waals surface area contributed by atoms with Crippen molar-refractivity contribution in [1.82, 2.24) is 4.90 Å². The number of carbonyl (C=O) groups excluding carboxylic acids is 1. The second-order valence-electron chi connectivity index (χ2n) is 6.17. The number of benzene rings is 2. The Labute approximate surface area is 136 Å². The van der Waals surface area contributed by atoms with Crippen molar-refractivity contribution in [3.63, 3.8) is 0 Å². The molecule has 3 heteroatoms. The molecular weight excluding hydrogens is 284 g/mol. The molecule has 0 fully saturated rings. The topological polar surface area (TPSA) is 46.3 Å². The molecule has 0 amide bonds. The molecule has 1 heterocycles. The second kappa shape index (κ2) is 5.67. The molecule has 0 spiro atoms. The van der Waals surface area contributed by atoms with Gasteiger partial charge in [-0.25, -0.2) is 0 Å². The number of rotatable bonds is 4. The molecule has 116 valence electrons. The summed E-state index contributed by atoms with van der Waals surface area (Å²) in [7, 11) is 0. The molecule has 0 aromatic heterocycles. The van der Waals surface area contributed by atoms with Crippen molar-refractivity contribution >= 4 is 17.1 Å². The third-order valence-electron chi connectivity index (χ3n) is 4.74. The minimum absolute atomic E-state index is 0.159. The van der Waals surface area contributed by atoms with Gasteiger partial charge in [0.2, 0.25) is 0 Å². The van der Waals surface area contributed by atoms with Crippen molar-refractivity contribution in [2.45, 2.75) is 19.4 Å². The molecule has 0 bridgehead atoms. The number of allylic oxidation sites excluding steroid dienone is 1. The van der Waals surface area contributed by atoms with Gasteiger partial charge >= 0.3 is 0 Å². The number of unbranched alkanes of at least 4 members (excludes halogenated alkanes) is 1. The van der Waals surface area contributed by atoms with E-state index in [0.717, 1.165) is 53.9 Å². The number of hydrogen-bond acceptors (Lipinski definition) is 3. The Kier molecular flexibility index (Phi) is 3.50. The van der Waals surface area contributed by atoms with Crippen LogP contribution in [0, 0.1) is 0 Å². The zero-order chi connectivity index (χ0) is 15.8. The molecule has 2 aromatic rings. The van der Waals surface area contributed by atoms with E-state index in [0.29, 0.717) is 6.54 Å². The molecule has 4 rings (SSSR count). The third-order valence-corrected chi connectivity index (χ3v) is 4.74. The maximum atomic E-state index is 13.0. The van der Waals surface area contributed by atoms with Crippen LogP contribution in [0.15, 0.2) is 48.5 Å². The summed E-state index contributed by atoms with van der Waals surface area (Å²) in [4.78, 5) is 15.3. The average Bonchev–Trinajstić information content (AvgIpc) is 2.89. The van der Waals surface area contributed by atoms with Gasteiger partial charge in [0.05, 0.1) is 11.3 Å². The number of nitrogens with two attached hydrogens (primary N) is 1. The summed E-state index contributed by atoms with van der Waals surface area (Å²) in [6.45, 7) is 2.51. The van der Waals surface area contributed by atoms with Gasteiger partial charge in [0.15, 0.2) is 5.78 Å². The normalized spacial score (nSPS) is 15.5. The fraction of sp³-hybridized carbons (Fsp3) is 0.250. The van der Waals surface area contributed by atoms with Crippen LogP contribution in [-0.2, 0) is 6.54 Å². The van der Waals surface area contributed by atoms with Crippen molar-refractivity contribution in [3.05, 3.63) is 70.8 Å². The fourth-order valence-electron chi connectivity index (χ4n) is 3.67. The van der Waals surface area contributed by atoms with Gasteiger partial charge in [0.1, 0.15) is 0 Å². The minimum atomic E-state index is 0.159. The highest BCUT2D eigenvalue weighted by Crippen LogP contribution is 2.44. The lowest BCUT2D eigenvalue weighted by atomic mass is 9.93. The summed E-state index contributed by atoms with van der Waals surface area (Å²) in [5.41, 5.74) is 11.9. The van der Waals surface area contributed by atoms with Crippen LogP contribution in [0.25, 0.3) is 11.3 Å². The first-order valence-electron chi connectivity index (χ1n) is 8.23. The van der Waals surface area contributed by atoms with Crippen LogP contribution in [-0.4, -0.2) is 23.8 Å². The largest absolute Gasteiger partial charge is 0.366 e. The summed E-state index contributed by atoms with van der Waals surface area (Å²) in [5, 5.41) is 0. The first-order valence-corrected chi connectivity index (χ1v) is 8.23. The molecular formula is C20H20N2O. The van der Waals surface area contributed by atoms with Crippen molar-refractivity contribution in [2.75, 3.05) is 13.1 Å². The molecule has 1 aliphatic carbocycles. The average molecular weight is 304 g/mol. The van der Waals surface area contributed by atoms with E-state index < -0.39 is 0 Å². The SMILES string of the molecule is NCCCCN1Cc2ccccc2C2=C1c1ccccc1C2=O. The molecule has 23 heavy (non-hydrogen) atoms. The van der Waals surface area contributed by atoms with Gasteiger partial charge < -0.3 is 10.6 Å². The summed E-state index contributed by atoms with van der Waals surface area (Å²) < 4.78 is 0. The Morgan fingerprint density at radius 2 is 1.61 bits per heavy atom. The predicted octanol–water partition coefficient (Wildman–Crippen LogP) is 3.31. The van der Waals surface area contributed by atoms with Gasteiger partial charge in [-0.3, -0.25) is 4.79 Å². The number of Topliss-reactive ketones (excluding diaryl/α,β-unsaturated/α-hetero) is 1. The Hall–Kier alpha value is -2.39. The molecule has 3 nitrogen and oxygen atoms in total. The molecule has 0 radical (unpaired) electrons. The lowest BCUT2D eigenvalue weighted by molar-refractivity contribution is 0.105. The summed E-state index contributed by atoms with van der Waals surface area (Å²) >= 11 is 0. The lowest BCUT2D eigenvalue weighted by Gasteiger charge is -2.32. The first-order chi connectivity index (χ1) is 11.3. The van der Waals surface area contributed by atoms with E-state index in [4.69, 9.17) is 5.73 Å². The van der Waals surface area contributed by atoms with Gasteiger partial charge in [-0.05, 0) is 30.5 Å². The van der Waals surface area contributed by atoms with Crippen LogP contribution in [0.1, 0.15) is 39.9 Å². The van der Waals surface area contributed by atoms with Crippen LogP contribution < -0.4 is 5.73 Å². The van der Waals surface area contributed by atoms with E-state index in [1.54, 1.807) is 0 Å². The number of fused-ring (bicyclic) bond motifs is 4. The maximum Gasteiger partial charge on any atom is 0.196 e. The number of nitrogens with zero attached hydrogens (tertiary/aromatic N) is 1. The van der Waals surface area contributed by atoms with Crippen LogP contribution in [0.3, 0.4) is 0 Å². The Bertz CT molecular complexity index is 807. The Morgan fingerprint density at radius 3 is 2.39 bits per heavy atom. The monoisotopic (exact) mass is 304 g/mol. The van der Waals surface area contributed by atoms with Gasteiger partial charge in [0, 0.05) is 24.2 Å². The van der Waals surface area contributed by atoms with Crippen LogP contribution in [0.5, 0.6) is 0 Å². The zero-order valence-corrected chi connectivity index (χ0v) is 13.1. The first kappa shape index (κ1) is 14.2. The Balaban J connectivity index is 1.84. The van der Waals surface area contributed by atoms with E-state index in [2.05, 4.69) is 29.2 Å². The van der Waals surface area contributed by atoms with Crippen molar-refractivity contribution in [1.29, 1.82) is 0 Å². The molecule has 0 saturated carbocycles. The summed E-state index contributed by atoms with van der Waals surface area (Å²) in [6, 6.07) is 16.2. The fourth-order valence-corrected chi connectivity index (χ4v) is 3.67. The third kappa shape index (κ3) is 2.20. The molecule has 0 saturated heterocycles. The predicted molar refractivity (Wildman–Crippen MR) is 92.7 cm³/mol. The van der Waals surface area contributed by atoms with Crippen molar-refractivity contribution in [2.24, 2.45) is 5.73 Å². The standard InChI is InChI=1S/C20H20N2O/c21-11-5-6-12-22-13-14-7-1-2-8-15(14)18-19(22)16-9-3-4-10-17(16)20(18)23/h1-4,7-10H,5-6,11-13,21H2. The maximum absolute atomic E-state index is 13.0. The van der Waals surface area contributed by atoms with Crippen LogP contribution >= 0.6 is 0 Å².